The minimum absolute atomic E-state index is 0.250. The summed E-state index contributed by atoms with van der Waals surface area (Å²) in [5, 5.41) is 0.700. The minimum Gasteiger partial charge on any atom is -0.422 e. The van der Waals surface area contributed by atoms with Gasteiger partial charge in [-0.1, -0.05) is 29.8 Å². The highest BCUT2D eigenvalue weighted by Crippen LogP contribution is 2.30. The maximum Gasteiger partial charge on any atom is 0.344 e. The van der Waals surface area contributed by atoms with E-state index in [4.69, 9.17) is 16.0 Å². The first-order chi connectivity index (χ1) is 12.5. The van der Waals surface area contributed by atoms with Crippen molar-refractivity contribution in [2.45, 2.75) is 0 Å². The molecule has 1 aromatic heterocycles. The monoisotopic (exact) mass is 372 g/mol. The van der Waals surface area contributed by atoms with Crippen LogP contribution in [-0.4, -0.2) is 38.1 Å². The van der Waals surface area contributed by atoms with Gasteiger partial charge in [-0.25, -0.2) is 9.18 Å². The zero-order chi connectivity index (χ0) is 18.3. The summed E-state index contributed by atoms with van der Waals surface area (Å²) < 4.78 is 20.2. The molecule has 6 heteroatoms. The van der Waals surface area contributed by atoms with Crippen molar-refractivity contribution in [3.8, 4) is 11.1 Å². The first-order valence-electron chi connectivity index (χ1n) is 8.49. The number of hydrogen-bond acceptors (Lipinski definition) is 4. The number of halogens is 2. The number of likely N-dealkylation sites (N-methyl/N-ethyl adjacent to an activating group) is 1. The highest BCUT2D eigenvalue weighted by molar-refractivity contribution is 6.33. The Morgan fingerprint density at radius 3 is 2.50 bits per heavy atom. The van der Waals surface area contributed by atoms with Crippen molar-refractivity contribution in [2.24, 2.45) is 0 Å². The molecule has 0 N–H and O–H groups in total. The van der Waals surface area contributed by atoms with E-state index in [1.165, 1.54) is 12.1 Å². The van der Waals surface area contributed by atoms with Crippen LogP contribution < -0.4 is 10.5 Å². The van der Waals surface area contributed by atoms with E-state index in [2.05, 4.69) is 16.8 Å². The van der Waals surface area contributed by atoms with Crippen molar-refractivity contribution in [3.63, 3.8) is 0 Å². The molecule has 4 rings (SSSR count). The number of nitrogens with zero attached hydrogens (tertiary/aromatic N) is 2. The van der Waals surface area contributed by atoms with Gasteiger partial charge in [0, 0.05) is 48.5 Å². The maximum atomic E-state index is 14.8. The van der Waals surface area contributed by atoms with Crippen LogP contribution >= 0.6 is 11.6 Å². The summed E-state index contributed by atoms with van der Waals surface area (Å²) in [4.78, 5) is 16.8. The zero-order valence-corrected chi connectivity index (χ0v) is 15.1. The van der Waals surface area contributed by atoms with Gasteiger partial charge in [-0.2, -0.15) is 0 Å². The molecule has 134 valence electrons. The largest absolute Gasteiger partial charge is 0.422 e. The molecule has 1 aliphatic heterocycles. The molecule has 0 bridgehead atoms. The van der Waals surface area contributed by atoms with E-state index in [1.54, 1.807) is 30.3 Å². The van der Waals surface area contributed by atoms with E-state index < -0.39 is 11.4 Å². The van der Waals surface area contributed by atoms with E-state index >= 15 is 0 Å². The van der Waals surface area contributed by atoms with E-state index in [0.717, 1.165) is 31.9 Å². The number of hydrogen-bond donors (Lipinski definition) is 0. The molecule has 0 saturated carbocycles. The van der Waals surface area contributed by atoms with Crippen LogP contribution in [0, 0.1) is 5.82 Å². The molecular formula is C20H18ClFN2O2. The molecule has 1 aliphatic rings. The second-order valence-corrected chi connectivity index (χ2v) is 6.96. The van der Waals surface area contributed by atoms with Crippen LogP contribution in [-0.2, 0) is 0 Å². The molecule has 26 heavy (non-hydrogen) atoms. The molecular weight excluding hydrogens is 355 g/mol. The summed E-state index contributed by atoms with van der Waals surface area (Å²) in [6, 6.07) is 11.7. The molecule has 4 nitrogen and oxygen atoms in total. The van der Waals surface area contributed by atoms with E-state index in [1.807, 2.05) is 0 Å². The van der Waals surface area contributed by atoms with Gasteiger partial charge in [-0.3, -0.25) is 0 Å². The lowest BCUT2D eigenvalue weighted by Gasteiger charge is -2.34. The van der Waals surface area contributed by atoms with Crippen LogP contribution in [0.4, 0.5) is 10.1 Å². The van der Waals surface area contributed by atoms with Gasteiger partial charge in [0.05, 0.1) is 10.9 Å². The van der Waals surface area contributed by atoms with Crippen LogP contribution in [0.1, 0.15) is 0 Å². The van der Waals surface area contributed by atoms with Crippen molar-refractivity contribution < 1.29 is 8.81 Å². The van der Waals surface area contributed by atoms with Crippen LogP contribution in [0.15, 0.2) is 51.7 Å². The third-order valence-electron chi connectivity index (χ3n) is 4.82. The Labute approximate surface area is 155 Å². The van der Waals surface area contributed by atoms with E-state index in [9.17, 15) is 9.18 Å². The summed E-state index contributed by atoms with van der Waals surface area (Å²) in [5.74, 6) is -0.409. The van der Waals surface area contributed by atoms with Crippen molar-refractivity contribution in [1.29, 1.82) is 0 Å². The minimum atomic E-state index is -0.527. The van der Waals surface area contributed by atoms with Crippen LogP contribution in [0.5, 0.6) is 0 Å². The summed E-state index contributed by atoms with van der Waals surface area (Å²) in [5.41, 5.74) is 1.25. The van der Waals surface area contributed by atoms with Gasteiger partial charge in [0.1, 0.15) is 11.4 Å². The number of piperazine rings is 1. The second kappa shape index (κ2) is 6.74. The standard InChI is InChI=1S/C20H18ClFN2O2/c1-23-6-8-24(9-7-23)13-10-18(22)16-12-15(20(25)26-19(16)11-13)14-4-2-3-5-17(14)21/h2-5,10-12H,6-9H2,1H3. The molecule has 0 amide bonds. The van der Waals surface area contributed by atoms with Crippen molar-refractivity contribution in [3.05, 3.63) is 63.7 Å². The number of anilines is 1. The van der Waals surface area contributed by atoms with Gasteiger partial charge < -0.3 is 14.2 Å². The number of benzene rings is 2. The number of rotatable bonds is 2. The SMILES string of the molecule is CN1CCN(c2cc(F)c3cc(-c4ccccc4Cl)c(=O)oc3c2)CC1. The highest BCUT2D eigenvalue weighted by atomic mass is 35.5. The summed E-state index contributed by atoms with van der Waals surface area (Å²) in [6.07, 6.45) is 0. The Bertz CT molecular complexity index is 1030. The van der Waals surface area contributed by atoms with Gasteiger partial charge in [-0.15, -0.1) is 0 Å². The average Bonchev–Trinajstić information content (AvgIpc) is 2.62. The summed E-state index contributed by atoms with van der Waals surface area (Å²) >= 11 is 6.18. The average molecular weight is 373 g/mol. The molecule has 0 atom stereocenters. The molecule has 1 fully saturated rings. The van der Waals surface area contributed by atoms with Gasteiger partial charge in [0.2, 0.25) is 0 Å². The second-order valence-electron chi connectivity index (χ2n) is 6.56. The van der Waals surface area contributed by atoms with Crippen LogP contribution in [0.2, 0.25) is 5.02 Å². The fourth-order valence-electron chi connectivity index (χ4n) is 3.28. The van der Waals surface area contributed by atoms with Crippen molar-refractivity contribution >= 4 is 28.3 Å². The molecule has 3 aromatic rings. The third-order valence-corrected chi connectivity index (χ3v) is 5.15. The summed E-state index contributed by atoms with van der Waals surface area (Å²) in [6.45, 7) is 3.44. The smallest absolute Gasteiger partial charge is 0.344 e. The fourth-order valence-corrected chi connectivity index (χ4v) is 3.51. The third kappa shape index (κ3) is 3.08. The van der Waals surface area contributed by atoms with E-state index in [0.29, 0.717) is 10.6 Å². The molecule has 0 aliphatic carbocycles. The molecule has 0 unspecified atom stereocenters. The lowest BCUT2D eigenvalue weighted by Crippen LogP contribution is -2.44. The molecule has 0 radical (unpaired) electrons. The van der Waals surface area contributed by atoms with Crippen molar-refractivity contribution in [2.75, 3.05) is 38.1 Å². The van der Waals surface area contributed by atoms with Crippen LogP contribution in [0.3, 0.4) is 0 Å². The first kappa shape index (κ1) is 17.1. The lowest BCUT2D eigenvalue weighted by molar-refractivity contribution is 0.313. The molecule has 2 heterocycles. The normalized spacial score (nSPS) is 15.6. The van der Waals surface area contributed by atoms with Gasteiger partial charge in [0.15, 0.2) is 0 Å². The Hall–Kier alpha value is -2.37. The quantitative estimate of drug-likeness (QED) is 0.637. The van der Waals surface area contributed by atoms with E-state index in [-0.39, 0.29) is 16.5 Å². The maximum absolute atomic E-state index is 14.8. The van der Waals surface area contributed by atoms with Gasteiger partial charge in [0.25, 0.3) is 0 Å². The Morgan fingerprint density at radius 2 is 1.77 bits per heavy atom. The van der Waals surface area contributed by atoms with Gasteiger partial charge >= 0.3 is 5.63 Å². The number of fused-ring (bicyclic) bond motifs is 1. The summed E-state index contributed by atoms with van der Waals surface area (Å²) in [7, 11) is 2.06. The first-order valence-corrected chi connectivity index (χ1v) is 8.86. The molecule has 1 saturated heterocycles. The highest BCUT2D eigenvalue weighted by Gasteiger charge is 2.18. The predicted octanol–water partition coefficient (Wildman–Crippen LogP) is 4.00. The molecule has 0 spiro atoms. The molecule has 2 aromatic carbocycles. The Kier molecular flexibility index (Phi) is 4.42. The van der Waals surface area contributed by atoms with Crippen LogP contribution in [0.25, 0.3) is 22.1 Å². The fraction of sp³-hybridized carbons (Fsp3) is 0.250. The lowest BCUT2D eigenvalue weighted by atomic mass is 10.1. The topological polar surface area (TPSA) is 36.7 Å². The Morgan fingerprint density at radius 1 is 1.04 bits per heavy atom. The van der Waals surface area contributed by atoms with Crippen molar-refractivity contribution in [1.82, 2.24) is 4.90 Å². The Balaban J connectivity index is 1.81. The van der Waals surface area contributed by atoms with Gasteiger partial charge in [-0.05, 0) is 25.2 Å². The zero-order valence-electron chi connectivity index (χ0n) is 14.3. The predicted molar refractivity (Wildman–Crippen MR) is 103 cm³/mol.